The monoisotopic (exact) mass is 295 g/mol. The highest BCUT2D eigenvalue weighted by molar-refractivity contribution is 7.99. The van der Waals surface area contributed by atoms with Crippen molar-refractivity contribution in [2.75, 3.05) is 6.54 Å². The minimum Gasteiger partial charge on any atom is -0.330 e. The van der Waals surface area contributed by atoms with Crippen molar-refractivity contribution in [2.45, 2.75) is 30.3 Å². The van der Waals surface area contributed by atoms with Crippen molar-refractivity contribution < 1.29 is 8.78 Å². The highest BCUT2D eigenvalue weighted by Crippen LogP contribution is 2.31. The lowest BCUT2D eigenvalue weighted by Crippen LogP contribution is -2.04. The number of halogens is 2. The van der Waals surface area contributed by atoms with E-state index in [1.165, 1.54) is 12.1 Å². The summed E-state index contributed by atoms with van der Waals surface area (Å²) in [4.78, 5) is 8.25. The number of rotatable bonds is 4. The predicted molar refractivity (Wildman–Crippen MR) is 74.7 cm³/mol. The van der Waals surface area contributed by atoms with Crippen LogP contribution in [0.15, 0.2) is 28.3 Å². The van der Waals surface area contributed by atoms with Gasteiger partial charge in [-0.25, -0.2) is 18.7 Å². The molecule has 0 fully saturated rings. The standard InChI is InChI=1S/C14H15F2N3S/c1-8-5-9(2)19-14(18-8)20-13-11(15)6-10(3-4-17)7-12(13)16/h5-7H,3-4,17H2,1-2H3. The summed E-state index contributed by atoms with van der Waals surface area (Å²) in [6.45, 7) is 3.98. The molecule has 1 aromatic carbocycles. The molecule has 0 spiro atoms. The lowest BCUT2D eigenvalue weighted by atomic mass is 10.1. The van der Waals surface area contributed by atoms with Crippen molar-refractivity contribution in [2.24, 2.45) is 5.73 Å². The molecule has 106 valence electrons. The normalized spacial score (nSPS) is 10.8. The molecule has 1 heterocycles. The van der Waals surface area contributed by atoms with E-state index in [4.69, 9.17) is 5.73 Å². The van der Waals surface area contributed by atoms with Gasteiger partial charge in [-0.15, -0.1) is 0 Å². The Bertz CT molecular complexity index is 589. The van der Waals surface area contributed by atoms with Crippen LogP contribution >= 0.6 is 11.8 Å². The number of benzene rings is 1. The zero-order valence-electron chi connectivity index (χ0n) is 11.3. The molecule has 0 radical (unpaired) electrons. The van der Waals surface area contributed by atoms with Gasteiger partial charge in [-0.3, -0.25) is 0 Å². The molecule has 2 N–H and O–H groups in total. The predicted octanol–water partition coefficient (Wildman–Crippen LogP) is 3.02. The number of hydrogen-bond donors (Lipinski definition) is 1. The molecule has 0 atom stereocenters. The molecular formula is C14H15F2N3S. The van der Waals surface area contributed by atoms with Crippen molar-refractivity contribution in [1.82, 2.24) is 9.97 Å². The summed E-state index contributed by atoms with van der Waals surface area (Å²) in [5.41, 5.74) is 7.46. The van der Waals surface area contributed by atoms with E-state index in [2.05, 4.69) is 9.97 Å². The first-order valence-electron chi connectivity index (χ1n) is 6.17. The third-order valence-electron chi connectivity index (χ3n) is 2.65. The lowest BCUT2D eigenvalue weighted by molar-refractivity contribution is 0.536. The first kappa shape index (κ1) is 14.9. The Balaban J connectivity index is 2.33. The maximum Gasteiger partial charge on any atom is 0.193 e. The van der Waals surface area contributed by atoms with Crippen molar-refractivity contribution >= 4 is 11.8 Å². The van der Waals surface area contributed by atoms with Crippen molar-refractivity contribution in [3.8, 4) is 0 Å². The summed E-state index contributed by atoms with van der Waals surface area (Å²) in [6, 6.07) is 4.42. The molecule has 3 nitrogen and oxygen atoms in total. The van der Waals surface area contributed by atoms with Crippen LogP contribution in [-0.2, 0) is 6.42 Å². The molecule has 0 amide bonds. The molecule has 0 saturated carbocycles. The first-order valence-corrected chi connectivity index (χ1v) is 6.99. The van der Waals surface area contributed by atoms with Crippen LogP contribution in [0.5, 0.6) is 0 Å². The number of aromatic nitrogens is 2. The number of hydrogen-bond acceptors (Lipinski definition) is 4. The quantitative estimate of drug-likeness (QED) is 0.881. The second kappa shape index (κ2) is 6.28. The average Bonchev–Trinajstić information content (AvgIpc) is 2.33. The third kappa shape index (κ3) is 3.52. The van der Waals surface area contributed by atoms with E-state index in [0.29, 0.717) is 23.7 Å². The summed E-state index contributed by atoms with van der Waals surface area (Å²) in [5.74, 6) is -1.22. The molecule has 0 aliphatic carbocycles. The highest BCUT2D eigenvalue weighted by Gasteiger charge is 2.14. The van der Waals surface area contributed by atoms with E-state index in [1.54, 1.807) is 6.07 Å². The first-order chi connectivity index (χ1) is 9.49. The van der Waals surface area contributed by atoms with Gasteiger partial charge in [-0.2, -0.15) is 0 Å². The van der Waals surface area contributed by atoms with E-state index >= 15 is 0 Å². The fourth-order valence-electron chi connectivity index (χ4n) is 1.85. The van der Waals surface area contributed by atoms with Gasteiger partial charge in [-0.1, -0.05) is 0 Å². The van der Waals surface area contributed by atoms with E-state index in [0.717, 1.165) is 23.1 Å². The zero-order valence-corrected chi connectivity index (χ0v) is 12.1. The van der Waals surface area contributed by atoms with Gasteiger partial charge in [-0.05, 0) is 62.3 Å². The van der Waals surface area contributed by atoms with Gasteiger partial charge >= 0.3 is 0 Å². The molecule has 2 rings (SSSR count). The van der Waals surface area contributed by atoms with Gasteiger partial charge in [0.15, 0.2) is 5.16 Å². The van der Waals surface area contributed by atoms with Crippen LogP contribution < -0.4 is 5.73 Å². The highest BCUT2D eigenvalue weighted by atomic mass is 32.2. The Hall–Kier alpha value is -1.53. The maximum atomic E-state index is 14.0. The molecule has 0 aliphatic rings. The smallest absolute Gasteiger partial charge is 0.193 e. The SMILES string of the molecule is Cc1cc(C)nc(Sc2c(F)cc(CCN)cc2F)n1. The van der Waals surface area contributed by atoms with Crippen molar-refractivity contribution in [3.63, 3.8) is 0 Å². The summed E-state index contributed by atoms with van der Waals surface area (Å²) in [6.07, 6.45) is 0.443. The van der Waals surface area contributed by atoms with Gasteiger partial charge in [0.1, 0.15) is 11.6 Å². The molecule has 0 bridgehead atoms. The minimum absolute atomic E-state index is 0.0872. The van der Waals surface area contributed by atoms with Crippen LogP contribution in [0.2, 0.25) is 0 Å². The molecular weight excluding hydrogens is 280 g/mol. The van der Waals surface area contributed by atoms with Crippen LogP contribution in [0, 0.1) is 25.5 Å². The Morgan fingerprint density at radius 3 is 2.10 bits per heavy atom. The van der Waals surface area contributed by atoms with E-state index in [9.17, 15) is 8.78 Å². The van der Waals surface area contributed by atoms with Gasteiger partial charge < -0.3 is 5.73 Å². The molecule has 1 aromatic heterocycles. The molecule has 2 aromatic rings. The van der Waals surface area contributed by atoms with Crippen molar-refractivity contribution in [3.05, 3.63) is 46.8 Å². The zero-order chi connectivity index (χ0) is 14.7. The second-order valence-corrected chi connectivity index (χ2v) is 5.44. The van der Waals surface area contributed by atoms with Crippen LogP contribution in [0.1, 0.15) is 17.0 Å². The lowest BCUT2D eigenvalue weighted by Gasteiger charge is -2.07. The van der Waals surface area contributed by atoms with E-state index in [1.807, 2.05) is 13.8 Å². The minimum atomic E-state index is -0.610. The Labute approximate surface area is 120 Å². The van der Waals surface area contributed by atoms with E-state index < -0.39 is 11.6 Å². The largest absolute Gasteiger partial charge is 0.330 e. The van der Waals surface area contributed by atoms with Crippen LogP contribution in [0.25, 0.3) is 0 Å². The Morgan fingerprint density at radius 2 is 1.60 bits per heavy atom. The van der Waals surface area contributed by atoms with Crippen LogP contribution in [-0.4, -0.2) is 16.5 Å². The number of nitrogens with two attached hydrogens (primary N) is 1. The number of nitrogens with zero attached hydrogens (tertiary/aromatic N) is 2. The Kier molecular flexibility index (Phi) is 4.67. The number of aryl methyl sites for hydroxylation is 2. The van der Waals surface area contributed by atoms with Crippen LogP contribution in [0.4, 0.5) is 8.78 Å². The Morgan fingerprint density at radius 1 is 1.05 bits per heavy atom. The fraction of sp³-hybridized carbons (Fsp3) is 0.286. The summed E-state index contributed by atoms with van der Waals surface area (Å²) < 4.78 is 27.9. The molecule has 6 heteroatoms. The summed E-state index contributed by atoms with van der Waals surface area (Å²) in [5, 5.41) is 0.340. The fourth-order valence-corrected chi connectivity index (χ4v) is 2.73. The summed E-state index contributed by atoms with van der Waals surface area (Å²) >= 11 is 0.892. The topological polar surface area (TPSA) is 51.8 Å². The van der Waals surface area contributed by atoms with Gasteiger partial charge in [0.25, 0.3) is 0 Å². The van der Waals surface area contributed by atoms with Gasteiger partial charge in [0.05, 0.1) is 4.90 Å². The molecule has 20 heavy (non-hydrogen) atoms. The summed E-state index contributed by atoms with van der Waals surface area (Å²) in [7, 11) is 0. The van der Waals surface area contributed by atoms with Crippen molar-refractivity contribution in [1.29, 1.82) is 0 Å². The molecule has 0 saturated heterocycles. The average molecular weight is 295 g/mol. The van der Waals surface area contributed by atoms with Gasteiger partial charge in [0.2, 0.25) is 0 Å². The molecule has 0 unspecified atom stereocenters. The van der Waals surface area contributed by atoms with Gasteiger partial charge in [0, 0.05) is 11.4 Å². The second-order valence-electron chi connectivity index (χ2n) is 4.46. The van der Waals surface area contributed by atoms with E-state index in [-0.39, 0.29) is 4.90 Å². The third-order valence-corrected chi connectivity index (χ3v) is 3.61. The van der Waals surface area contributed by atoms with Crippen LogP contribution in [0.3, 0.4) is 0 Å². The molecule has 0 aliphatic heterocycles. The maximum absolute atomic E-state index is 14.0.